The number of aromatic nitrogens is 3. The van der Waals surface area contributed by atoms with Gasteiger partial charge in [0.2, 0.25) is 0 Å². The van der Waals surface area contributed by atoms with Crippen LogP contribution in [0.3, 0.4) is 0 Å². The van der Waals surface area contributed by atoms with Crippen molar-refractivity contribution in [1.29, 1.82) is 0 Å². The third-order valence-electron chi connectivity index (χ3n) is 12.0. The minimum atomic E-state index is 0.703. The number of anilines is 4. The largest absolute Gasteiger partial charge is 0.457 e. The number of benzene rings is 8. The molecule has 0 aliphatic carbocycles. The molecule has 12 rings (SSSR count). The van der Waals surface area contributed by atoms with Crippen molar-refractivity contribution >= 4 is 77.1 Å². The quantitative estimate of drug-likeness (QED) is 0.169. The maximum Gasteiger partial charge on any atom is 0.139 e. The van der Waals surface area contributed by atoms with Gasteiger partial charge in [-0.05, 0) is 94.7 Å². The molecule has 0 unspecified atom stereocenters. The first-order chi connectivity index (χ1) is 29.1. The zero-order chi connectivity index (χ0) is 39.0. The second kappa shape index (κ2) is 13.1. The fraction of sp³-hybridized carbons (Fsp3) is 0.0377. The third kappa shape index (κ3) is 5.37. The molecule has 0 radical (unpaired) electrons. The summed E-state index contributed by atoms with van der Waals surface area (Å²) >= 11 is 0. The molecule has 59 heavy (non-hydrogen) atoms. The first kappa shape index (κ1) is 33.3. The summed E-state index contributed by atoms with van der Waals surface area (Å²) in [4.78, 5) is 9.89. The Kier molecular flexibility index (Phi) is 7.41. The average molecular weight is 760 g/mol. The zero-order valence-corrected chi connectivity index (χ0v) is 32.3. The molecule has 1 aliphatic rings. The van der Waals surface area contributed by atoms with Crippen LogP contribution in [0.2, 0.25) is 0 Å². The van der Waals surface area contributed by atoms with Gasteiger partial charge in [-0.25, -0.2) is 4.98 Å². The highest BCUT2D eigenvalue weighted by atomic mass is 16.5. The lowest BCUT2D eigenvalue weighted by molar-refractivity contribution is 0.483. The summed E-state index contributed by atoms with van der Waals surface area (Å²) in [6, 6.07) is 66.7. The van der Waals surface area contributed by atoms with E-state index in [0.29, 0.717) is 6.67 Å². The van der Waals surface area contributed by atoms with Crippen LogP contribution in [0.25, 0.3) is 71.3 Å². The van der Waals surface area contributed by atoms with Crippen LogP contribution in [0.15, 0.2) is 194 Å². The van der Waals surface area contributed by atoms with Crippen molar-refractivity contribution in [3.8, 4) is 28.4 Å². The van der Waals surface area contributed by atoms with Crippen molar-refractivity contribution in [3.63, 3.8) is 0 Å². The Morgan fingerprint density at radius 3 is 1.92 bits per heavy atom. The van der Waals surface area contributed by atoms with E-state index in [1.165, 1.54) is 38.5 Å². The van der Waals surface area contributed by atoms with Gasteiger partial charge in [0, 0.05) is 69.9 Å². The molecule has 8 aromatic carbocycles. The Morgan fingerprint density at radius 2 is 1.10 bits per heavy atom. The molecule has 0 atom stereocenters. The summed E-state index contributed by atoms with van der Waals surface area (Å²) in [5.41, 5.74) is 11.4. The smallest absolute Gasteiger partial charge is 0.139 e. The van der Waals surface area contributed by atoms with E-state index in [1.54, 1.807) is 0 Å². The molecule has 0 bridgehead atoms. The Balaban J connectivity index is 0.974. The van der Waals surface area contributed by atoms with Crippen molar-refractivity contribution in [2.75, 3.05) is 16.5 Å². The van der Waals surface area contributed by atoms with Gasteiger partial charge < -0.3 is 19.1 Å². The van der Waals surface area contributed by atoms with Crippen LogP contribution < -0.4 is 14.5 Å². The molecule has 1 aliphatic heterocycles. The topological polar surface area (TPSA) is 38.5 Å². The molecule has 3 aromatic heterocycles. The van der Waals surface area contributed by atoms with E-state index in [-0.39, 0.29) is 0 Å². The van der Waals surface area contributed by atoms with Crippen LogP contribution >= 0.6 is 0 Å². The van der Waals surface area contributed by atoms with E-state index in [2.05, 4.69) is 208 Å². The highest BCUT2D eigenvalue weighted by Gasteiger charge is 2.28. The van der Waals surface area contributed by atoms with Gasteiger partial charge in [0.05, 0.1) is 27.9 Å². The number of aryl methyl sites for hydroxylation is 1. The summed E-state index contributed by atoms with van der Waals surface area (Å²) in [5, 5.41) is 7.10. The number of fused-ring (bicyclic) bond motifs is 8. The minimum absolute atomic E-state index is 0.703. The van der Waals surface area contributed by atoms with Crippen molar-refractivity contribution in [2.24, 2.45) is 7.05 Å². The first-order valence-corrected chi connectivity index (χ1v) is 20.0. The van der Waals surface area contributed by atoms with Gasteiger partial charge in [0.1, 0.15) is 24.0 Å². The van der Waals surface area contributed by atoms with E-state index in [0.717, 1.165) is 67.1 Å². The standard InChI is InChI=1S/C53H37N5O/c1-55-50-29-37-16-9-8-15-36(37)27-45(50)46-33-54-53(32-51(46)55)58-47-26-23-38(35-13-4-2-5-14-35)28-44(47)43-25-24-42(31-52(43)58)59-41-20-12-19-40(30-41)57-34-56(39-17-6-3-7-18-39)48-21-10-11-22-49(48)57/h2-33H,34H2,1H3. The predicted molar refractivity (Wildman–Crippen MR) is 244 cm³/mol. The van der Waals surface area contributed by atoms with Gasteiger partial charge in [-0.3, -0.25) is 4.57 Å². The molecular weight excluding hydrogens is 723 g/mol. The fourth-order valence-corrected chi connectivity index (χ4v) is 9.13. The Labute approximate surface area is 341 Å². The van der Waals surface area contributed by atoms with E-state index < -0.39 is 0 Å². The molecule has 0 fully saturated rings. The number of pyridine rings is 1. The molecule has 11 aromatic rings. The summed E-state index contributed by atoms with van der Waals surface area (Å²) in [7, 11) is 2.15. The van der Waals surface area contributed by atoms with E-state index in [1.807, 2.05) is 12.3 Å². The van der Waals surface area contributed by atoms with E-state index >= 15 is 0 Å². The number of ether oxygens (including phenoxy) is 1. The Morgan fingerprint density at radius 1 is 0.441 bits per heavy atom. The van der Waals surface area contributed by atoms with Gasteiger partial charge in [0.15, 0.2) is 0 Å². The minimum Gasteiger partial charge on any atom is -0.457 e. The van der Waals surface area contributed by atoms with Crippen LogP contribution in [0.5, 0.6) is 11.5 Å². The zero-order valence-electron chi connectivity index (χ0n) is 32.3. The SMILES string of the molecule is Cn1c2cc(-n3c4ccc(-c5ccccc5)cc4c4ccc(Oc5cccc(N6CN(c7ccccc7)c7ccccc76)c5)cc43)ncc2c2cc3ccccc3cc21. The Hall–Kier alpha value is -7.83. The number of para-hydroxylation sites is 3. The van der Waals surface area contributed by atoms with Gasteiger partial charge >= 0.3 is 0 Å². The van der Waals surface area contributed by atoms with Gasteiger partial charge in [-0.15, -0.1) is 0 Å². The monoisotopic (exact) mass is 759 g/mol. The molecule has 0 N–H and O–H groups in total. The Bertz CT molecular complexity index is 3420. The summed E-state index contributed by atoms with van der Waals surface area (Å²) in [5.74, 6) is 2.39. The van der Waals surface area contributed by atoms with Crippen molar-refractivity contribution < 1.29 is 4.74 Å². The molecule has 0 saturated heterocycles. The van der Waals surface area contributed by atoms with Gasteiger partial charge in [-0.1, -0.05) is 97.1 Å². The second-order valence-corrected chi connectivity index (χ2v) is 15.4. The highest BCUT2D eigenvalue weighted by molar-refractivity contribution is 6.14. The van der Waals surface area contributed by atoms with E-state index in [9.17, 15) is 0 Å². The van der Waals surface area contributed by atoms with Crippen molar-refractivity contribution in [3.05, 3.63) is 194 Å². The first-order valence-electron chi connectivity index (χ1n) is 20.0. The molecule has 6 heteroatoms. The number of rotatable bonds is 6. The van der Waals surface area contributed by atoms with Crippen LogP contribution in [0, 0.1) is 0 Å². The molecule has 4 heterocycles. The van der Waals surface area contributed by atoms with Crippen molar-refractivity contribution in [1.82, 2.24) is 14.1 Å². The molecule has 0 spiro atoms. The van der Waals surface area contributed by atoms with Crippen molar-refractivity contribution in [2.45, 2.75) is 0 Å². The third-order valence-corrected chi connectivity index (χ3v) is 12.0. The van der Waals surface area contributed by atoms with Crippen LogP contribution in [0.1, 0.15) is 0 Å². The lowest BCUT2D eigenvalue weighted by Crippen LogP contribution is -2.23. The van der Waals surface area contributed by atoms with Gasteiger partial charge in [0.25, 0.3) is 0 Å². The summed E-state index contributed by atoms with van der Waals surface area (Å²) in [6.07, 6.45) is 2.04. The maximum atomic E-state index is 6.75. The number of hydrogen-bond donors (Lipinski definition) is 0. The van der Waals surface area contributed by atoms with Crippen LogP contribution in [-0.4, -0.2) is 20.8 Å². The molecule has 6 nitrogen and oxygen atoms in total. The predicted octanol–water partition coefficient (Wildman–Crippen LogP) is 13.7. The fourth-order valence-electron chi connectivity index (χ4n) is 9.13. The summed E-state index contributed by atoms with van der Waals surface area (Å²) < 4.78 is 11.3. The second-order valence-electron chi connectivity index (χ2n) is 15.4. The molecule has 280 valence electrons. The lowest BCUT2D eigenvalue weighted by atomic mass is 10.0. The molecule has 0 amide bonds. The van der Waals surface area contributed by atoms with Crippen LogP contribution in [0.4, 0.5) is 22.7 Å². The molecular formula is C53H37N5O. The number of hydrogen-bond acceptors (Lipinski definition) is 4. The maximum absolute atomic E-state index is 6.75. The average Bonchev–Trinajstić information content (AvgIpc) is 3.93. The molecule has 0 saturated carbocycles. The lowest BCUT2D eigenvalue weighted by Gasteiger charge is -2.22. The summed E-state index contributed by atoms with van der Waals surface area (Å²) in [6.45, 7) is 0.703. The van der Waals surface area contributed by atoms with Gasteiger partial charge in [-0.2, -0.15) is 0 Å². The van der Waals surface area contributed by atoms with E-state index in [4.69, 9.17) is 9.72 Å². The normalized spacial score (nSPS) is 12.7. The van der Waals surface area contributed by atoms with Crippen LogP contribution in [-0.2, 0) is 7.05 Å². The highest BCUT2D eigenvalue weighted by Crippen LogP contribution is 2.45. The number of nitrogens with zero attached hydrogens (tertiary/aromatic N) is 5.